The van der Waals surface area contributed by atoms with Crippen molar-refractivity contribution in [1.29, 1.82) is 0 Å². The van der Waals surface area contributed by atoms with Gasteiger partial charge in [0, 0.05) is 37.5 Å². The van der Waals surface area contributed by atoms with Gasteiger partial charge in [-0.2, -0.15) is 13.2 Å². The molecule has 0 spiro atoms. The Morgan fingerprint density at radius 2 is 1.83 bits per heavy atom. The maximum atomic E-state index is 12.7. The van der Waals surface area contributed by atoms with Crippen molar-refractivity contribution in [2.45, 2.75) is 59.7 Å². The van der Waals surface area contributed by atoms with E-state index in [9.17, 15) is 18.0 Å². The number of carbonyl (C=O) groups is 1. The first-order valence-corrected chi connectivity index (χ1v) is 9.73. The van der Waals surface area contributed by atoms with Gasteiger partial charge in [0.25, 0.3) is 0 Å². The van der Waals surface area contributed by atoms with Gasteiger partial charge in [-0.05, 0) is 25.2 Å². The van der Waals surface area contributed by atoms with Gasteiger partial charge in [0.1, 0.15) is 0 Å². The Hall–Kier alpha value is -2.78. The largest absolute Gasteiger partial charge is 0.451 e. The second-order valence-corrected chi connectivity index (χ2v) is 8.65. The average Bonchev–Trinajstić information content (AvgIpc) is 2.61. The number of amides is 1. The Labute approximate surface area is 173 Å². The normalized spacial score (nSPS) is 14.4. The molecule has 0 aliphatic carbocycles. The van der Waals surface area contributed by atoms with Crippen LogP contribution in [0.25, 0.3) is 0 Å². The van der Waals surface area contributed by atoms with E-state index in [4.69, 9.17) is 0 Å². The summed E-state index contributed by atoms with van der Waals surface area (Å²) < 4.78 is 38.0. The van der Waals surface area contributed by atoms with Crippen LogP contribution in [0.4, 0.5) is 24.8 Å². The van der Waals surface area contributed by atoms with Gasteiger partial charge in [-0.1, -0.05) is 20.8 Å². The van der Waals surface area contributed by atoms with Crippen molar-refractivity contribution < 1.29 is 18.0 Å². The van der Waals surface area contributed by atoms with E-state index in [2.05, 4.69) is 25.3 Å². The minimum absolute atomic E-state index is 0.116. The fourth-order valence-corrected chi connectivity index (χ4v) is 3.24. The van der Waals surface area contributed by atoms with Crippen molar-refractivity contribution in [3.8, 4) is 0 Å². The van der Waals surface area contributed by atoms with Crippen LogP contribution >= 0.6 is 0 Å². The lowest BCUT2D eigenvalue weighted by Gasteiger charge is -2.30. The van der Waals surface area contributed by atoms with Gasteiger partial charge < -0.3 is 10.2 Å². The van der Waals surface area contributed by atoms with E-state index in [-0.39, 0.29) is 11.3 Å². The number of anilines is 2. The molecule has 2 aromatic heterocycles. The highest BCUT2D eigenvalue weighted by atomic mass is 19.4. The molecule has 162 valence electrons. The van der Waals surface area contributed by atoms with Gasteiger partial charge >= 0.3 is 6.18 Å². The molecular formula is C20H25F3N6O. The van der Waals surface area contributed by atoms with Gasteiger partial charge in [-0.25, -0.2) is 19.9 Å². The highest BCUT2D eigenvalue weighted by Gasteiger charge is 2.34. The molecule has 1 amide bonds. The monoisotopic (exact) mass is 422 g/mol. The zero-order chi connectivity index (χ0) is 22.1. The molecule has 0 saturated carbocycles. The summed E-state index contributed by atoms with van der Waals surface area (Å²) in [7, 11) is 0. The van der Waals surface area contributed by atoms with E-state index < -0.39 is 12.0 Å². The summed E-state index contributed by atoms with van der Waals surface area (Å²) in [6.45, 7) is 8.75. The minimum Gasteiger partial charge on any atom is -0.351 e. The molecule has 10 heteroatoms. The quantitative estimate of drug-likeness (QED) is 0.804. The van der Waals surface area contributed by atoms with Crippen molar-refractivity contribution in [1.82, 2.24) is 19.9 Å². The number of alkyl halides is 3. The van der Waals surface area contributed by atoms with E-state index >= 15 is 0 Å². The van der Waals surface area contributed by atoms with Gasteiger partial charge in [-0.15, -0.1) is 0 Å². The number of halogens is 3. The highest BCUT2D eigenvalue weighted by Crippen LogP contribution is 2.29. The first-order chi connectivity index (χ1) is 13.9. The molecule has 30 heavy (non-hydrogen) atoms. The molecule has 1 aliphatic rings. The van der Waals surface area contributed by atoms with E-state index in [0.29, 0.717) is 48.8 Å². The molecule has 7 nitrogen and oxygen atoms in total. The van der Waals surface area contributed by atoms with Crippen molar-refractivity contribution in [2.75, 3.05) is 16.8 Å². The molecule has 0 unspecified atom stereocenters. The van der Waals surface area contributed by atoms with Gasteiger partial charge in [0.05, 0.1) is 11.4 Å². The maximum absolute atomic E-state index is 12.7. The summed E-state index contributed by atoms with van der Waals surface area (Å²) in [4.78, 5) is 30.3. The molecule has 0 fully saturated rings. The molecule has 2 aromatic rings. The first kappa shape index (κ1) is 21.9. The van der Waals surface area contributed by atoms with Crippen LogP contribution < -0.4 is 10.2 Å². The number of nitrogens with zero attached hydrogens (tertiary/aromatic N) is 5. The van der Waals surface area contributed by atoms with E-state index in [1.807, 2.05) is 25.7 Å². The minimum atomic E-state index is -4.56. The molecule has 0 bridgehead atoms. The van der Waals surface area contributed by atoms with Gasteiger partial charge in [0.2, 0.25) is 11.7 Å². The van der Waals surface area contributed by atoms with Crippen LogP contribution in [-0.2, 0) is 23.9 Å². The predicted molar refractivity (Wildman–Crippen MR) is 106 cm³/mol. The van der Waals surface area contributed by atoms with Crippen LogP contribution in [0.5, 0.6) is 0 Å². The van der Waals surface area contributed by atoms with E-state index in [1.54, 1.807) is 6.92 Å². The third-order valence-electron chi connectivity index (χ3n) is 4.54. The summed E-state index contributed by atoms with van der Waals surface area (Å²) in [5.74, 6) is -0.152. The molecule has 1 N–H and O–H groups in total. The number of rotatable bonds is 4. The van der Waals surface area contributed by atoms with Gasteiger partial charge in [-0.3, -0.25) is 4.79 Å². The number of hydrogen-bond donors (Lipinski definition) is 1. The Bertz CT molecular complexity index is 922. The van der Waals surface area contributed by atoms with Gasteiger partial charge in [0.15, 0.2) is 11.6 Å². The number of aryl methyl sites for hydroxylation is 2. The van der Waals surface area contributed by atoms with Crippen molar-refractivity contribution in [3.63, 3.8) is 0 Å². The van der Waals surface area contributed by atoms with Crippen LogP contribution in [0.3, 0.4) is 0 Å². The van der Waals surface area contributed by atoms with E-state index in [1.165, 1.54) is 12.4 Å². The third kappa shape index (κ3) is 5.43. The fraction of sp³-hybridized carbons (Fsp3) is 0.550. The second-order valence-electron chi connectivity index (χ2n) is 8.65. The zero-order valence-electron chi connectivity index (χ0n) is 17.5. The molecule has 0 aromatic carbocycles. The maximum Gasteiger partial charge on any atom is 0.451 e. The van der Waals surface area contributed by atoms with Crippen LogP contribution in [0.1, 0.15) is 56.4 Å². The summed E-state index contributed by atoms with van der Waals surface area (Å²) in [5, 5.41) is 2.84. The zero-order valence-corrected chi connectivity index (χ0v) is 17.5. The highest BCUT2D eigenvalue weighted by molar-refractivity contribution is 5.90. The molecule has 0 radical (unpaired) electrons. The lowest BCUT2D eigenvalue weighted by molar-refractivity contribution is -0.145. The van der Waals surface area contributed by atoms with Crippen LogP contribution in [0.2, 0.25) is 0 Å². The predicted octanol–water partition coefficient (Wildman–Crippen LogP) is 3.92. The molecule has 3 rings (SSSR count). The number of aromatic nitrogens is 4. The Balaban J connectivity index is 1.77. The summed E-state index contributed by atoms with van der Waals surface area (Å²) in [5.41, 5.74) is 1.76. The average molecular weight is 422 g/mol. The van der Waals surface area contributed by atoms with Crippen molar-refractivity contribution in [3.05, 3.63) is 35.2 Å². The van der Waals surface area contributed by atoms with Crippen molar-refractivity contribution in [2.24, 2.45) is 5.41 Å². The van der Waals surface area contributed by atoms with Crippen LogP contribution in [-0.4, -0.2) is 32.4 Å². The summed E-state index contributed by atoms with van der Waals surface area (Å²) >= 11 is 0. The molecular weight excluding hydrogens is 397 g/mol. The SMILES string of the molecule is Cc1nc2c(nc1NC(=O)CC(C)(C)C)CCCN2Cc1cnc(C(F)(F)F)nc1. The summed E-state index contributed by atoms with van der Waals surface area (Å²) in [6, 6.07) is 0. The third-order valence-corrected chi connectivity index (χ3v) is 4.54. The smallest absolute Gasteiger partial charge is 0.351 e. The van der Waals surface area contributed by atoms with Crippen LogP contribution in [0, 0.1) is 12.3 Å². The number of carbonyl (C=O) groups excluding carboxylic acids is 1. The lowest BCUT2D eigenvalue weighted by atomic mass is 9.92. The summed E-state index contributed by atoms with van der Waals surface area (Å²) in [6.07, 6.45) is -0.290. The first-order valence-electron chi connectivity index (χ1n) is 9.73. The number of nitrogens with one attached hydrogen (secondary N) is 1. The molecule has 3 heterocycles. The molecule has 0 saturated heterocycles. The van der Waals surface area contributed by atoms with Crippen molar-refractivity contribution >= 4 is 17.5 Å². The molecule has 0 atom stereocenters. The topological polar surface area (TPSA) is 83.9 Å². The Kier molecular flexibility index (Phi) is 5.96. The Morgan fingerprint density at radius 1 is 1.17 bits per heavy atom. The number of fused-ring (bicyclic) bond motifs is 1. The van der Waals surface area contributed by atoms with E-state index in [0.717, 1.165) is 12.1 Å². The fourth-order valence-electron chi connectivity index (χ4n) is 3.24. The lowest BCUT2D eigenvalue weighted by Crippen LogP contribution is -2.31. The standard InChI is InChI=1S/C20H25F3N6O/c1-12-16(28-15(30)8-19(2,3)4)27-14-6-5-7-29(17(14)26-12)11-13-9-24-18(25-10-13)20(21,22)23/h9-10H,5-8,11H2,1-4H3,(H,27,28,30). The second kappa shape index (κ2) is 8.16. The Morgan fingerprint density at radius 3 is 2.43 bits per heavy atom. The van der Waals surface area contributed by atoms with Crippen LogP contribution in [0.15, 0.2) is 12.4 Å². The molecule has 1 aliphatic heterocycles. The number of hydrogen-bond acceptors (Lipinski definition) is 6.